The number of rotatable bonds is 11. The van der Waals surface area contributed by atoms with Gasteiger partial charge < -0.3 is 15.3 Å². The molecule has 3 heteroatoms. The van der Waals surface area contributed by atoms with E-state index in [0.29, 0.717) is 0 Å². The van der Waals surface area contributed by atoms with Crippen molar-refractivity contribution in [1.82, 2.24) is 0 Å². The van der Waals surface area contributed by atoms with E-state index in [4.69, 9.17) is 15.3 Å². The van der Waals surface area contributed by atoms with Gasteiger partial charge in [-0.2, -0.15) is 0 Å². The van der Waals surface area contributed by atoms with Gasteiger partial charge in [-0.3, -0.25) is 0 Å². The first-order valence-electron chi connectivity index (χ1n) is 7.62. The Bertz CT molecular complexity index is 115. The molecule has 0 spiro atoms. The molecule has 0 unspecified atom stereocenters. The maximum atomic E-state index is 8.17. The minimum absolute atomic E-state index is 0.365. The zero-order valence-corrected chi connectivity index (χ0v) is 12.4. The van der Waals surface area contributed by atoms with E-state index in [0.717, 1.165) is 0 Å². The minimum Gasteiger partial charge on any atom is -0.394 e. The molecule has 0 amide bonds. The molecule has 0 saturated heterocycles. The maximum absolute atomic E-state index is 8.17. The molecule has 0 aliphatic carbocycles. The van der Waals surface area contributed by atoms with Gasteiger partial charge in [-0.1, -0.05) is 78.1 Å². The van der Waals surface area contributed by atoms with Crippen LogP contribution in [0.3, 0.4) is 0 Å². The van der Waals surface area contributed by atoms with Crippen LogP contribution in [0.1, 0.15) is 78.1 Å². The zero-order chi connectivity index (χ0) is 14.1. The van der Waals surface area contributed by atoms with Gasteiger partial charge in [0.25, 0.3) is 0 Å². The van der Waals surface area contributed by atoms with Crippen LogP contribution < -0.4 is 0 Å². The van der Waals surface area contributed by atoms with Crippen LogP contribution in [0.5, 0.6) is 0 Å². The van der Waals surface area contributed by atoms with E-state index in [1.165, 1.54) is 64.2 Å². The highest BCUT2D eigenvalue weighted by atomic mass is 16.3. The maximum Gasteiger partial charge on any atom is 0.100 e. The van der Waals surface area contributed by atoms with Crippen molar-refractivity contribution < 1.29 is 15.3 Å². The fourth-order valence-electron chi connectivity index (χ4n) is 1.62. The number of unbranched alkanes of at least 4 members (excludes halogenated alkanes) is 9. The molecule has 0 aliphatic rings. The summed E-state index contributed by atoms with van der Waals surface area (Å²) >= 11 is 0. The van der Waals surface area contributed by atoms with Crippen molar-refractivity contribution in [3.05, 3.63) is 0 Å². The van der Waals surface area contributed by atoms with E-state index >= 15 is 0 Å². The summed E-state index contributed by atoms with van der Waals surface area (Å²) in [5.41, 5.74) is 0. The Morgan fingerprint density at radius 3 is 1.06 bits per heavy atom. The first-order valence-corrected chi connectivity index (χ1v) is 7.62. The second-order valence-electron chi connectivity index (χ2n) is 4.85. The topological polar surface area (TPSA) is 60.7 Å². The van der Waals surface area contributed by atoms with Crippen LogP contribution in [0.15, 0.2) is 0 Å². The van der Waals surface area contributed by atoms with Gasteiger partial charge in [0.2, 0.25) is 0 Å². The average molecular weight is 262 g/mol. The lowest BCUT2D eigenvalue weighted by Crippen LogP contribution is -2.15. The van der Waals surface area contributed by atoms with Gasteiger partial charge in [-0.25, -0.2) is 0 Å². The van der Waals surface area contributed by atoms with Gasteiger partial charge in [-0.15, -0.1) is 0 Å². The van der Waals surface area contributed by atoms with E-state index in [2.05, 4.69) is 13.8 Å². The summed E-state index contributed by atoms with van der Waals surface area (Å²) in [7, 11) is 0. The summed E-state index contributed by atoms with van der Waals surface area (Å²) in [6.45, 7) is 3.83. The van der Waals surface area contributed by atoms with Gasteiger partial charge in [-0.05, 0) is 0 Å². The van der Waals surface area contributed by atoms with Crippen molar-refractivity contribution >= 4 is 0 Å². The molecule has 0 fully saturated rings. The van der Waals surface area contributed by atoms with Gasteiger partial charge >= 0.3 is 0 Å². The second kappa shape index (κ2) is 19.2. The summed E-state index contributed by atoms with van der Waals surface area (Å²) in [5, 5.41) is 24.0. The molecule has 0 aliphatic heterocycles. The Balaban J connectivity index is 0. The monoisotopic (exact) mass is 262 g/mol. The van der Waals surface area contributed by atoms with Gasteiger partial charge in [0.15, 0.2) is 0 Å². The lowest BCUT2D eigenvalue weighted by Gasteiger charge is -1.99. The molecule has 0 aromatic carbocycles. The van der Waals surface area contributed by atoms with Crippen molar-refractivity contribution in [2.24, 2.45) is 0 Å². The number of hydrogen-bond acceptors (Lipinski definition) is 3. The average Bonchev–Trinajstić information content (AvgIpc) is 2.41. The highest BCUT2D eigenvalue weighted by Crippen LogP contribution is 2.09. The number of aliphatic hydroxyl groups is 3. The first kappa shape index (κ1) is 20.2. The molecule has 0 saturated carbocycles. The molecular weight excluding hydrogens is 228 g/mol. The van der Waals surface area contributed by atoms with E-state index in [-0.39, 0.29) is 13.2 Å². The third-order valence-electron chi connectivity index (χ3n) is 2.88. The third-order valence-corrected chi connectivity index (χ3v) is 2.88. The summed E-state index contributed by atoms with van der Waals surface area (Å²) < 4.78 is 0. The zero-order valence-electron chi connectivity index (χ0n) is 12.4. The van der Waals surface area contributed by atoms with E-state index in [1.54, 1.807) is 0 Å². The van der Waals surface area contributed by atoms with Crippen LogP contribution in [0.4, 0.5) is 0 Å². The number of aliphatic hydroxyl groups excluding tert-OH is 3. The molecule has 112 valence electrons. The molecule has 3 nitrogen and oxygen atoms in total. The predicted octanol–water partition coefficient (Wildman–Crippen LogP) is 3.26. The van der Waals surface area contributed by atoms with Crippen LogP contribution in [-0.4, -0.2) is 34.6 Å². The fraction of sp³-hybridized carbons (Fsp3) is 1.00. The molecule has 0 radical (unpaired) electrons. The van der Waals surface area contributed by atoms with Crippen molar-refractivity contribution in [1.29, 1.82) is 0 Å². The molecule has 3 N–H and O–H groups in total. The van der Waals surface area contributed by atoms with E-state index in [1.807, 2.05) is 0 Å². The van der Waals surface area contributed by atoms with Gasteiger partial charge in [0.05, 0.1) is 13.2 Å². The van der Waals surface area contributed by atoms with Gasteiger partial charge in [0.1, 0.15) is 6.10 Å². The highest BCUT2D eigenvalue weighted by Gasteiger charge is 1.93. The largest absolute Gasteiger partial charge is 0.394 e. The summed E-state index contributed by atoms with van der Waals surface area (Å²) in [4.78, 5) is 0. The van der Waals surface area contributed by atoms with Crippen LogP contribution in [0, 0.1) is 0 Å². The SMILES string of the molecule is CCCCCCCCCCCC.OCC(O)CO. The molecule has 0 aromatic heterocycles. The lowest BCUT2D eigenvalue weighted by molar-refractivity contribution is 0.0450. The van der Waals surface area contributed by atoms with Crippen molar-refractivity contribution in [2.75, 3.05) is 13.2 Å². The van der Waals surface area contributed by atoms with Crippen LogP contribution in [0.2, 0.25) is 0 Å². The van der Waals surface area contributed by atoms with Crippen LogP contribution >= 0.6 is 0 Å². The Hall–Kier alpha value is -0.120. The molecule has 0 aromatic rings. The molecule has 0 bridgehead atoms. The molecule has 0 heterocycles. The lowest BCUT2D eigenvalue weighted by atomic mass is 10.1. The number of hydrogen-bond donors (Lipinski definition) is 3. The molecule has 18 heavy (non-hydrogen) atoms. The Labute approximate surface area is 113 Å². The van der Waals surface area contributed by atoms with Gasteiger partial charge in [0, 0.05) is 0 Å². The summed E-state index contributed by atoms with van der Waals surface area (Å²) in [6, 6.07) is 0. The quantitative estimate of drug-likeness (QED) is 0.501. The predicted molar refractivity (Wildman–Crippen MR) is 77.7 cm³/mol. The fourth-order valence-corrected chi connectivity index (χ4v) is 1.62. The molecule has 0 atom stereocenters. The summed E-state index contributed by atoms with van der Waals surface area (Å²) in [6.07, 6.45) is 13.5. The minimum atomic E-state index is -0.954. The Morgan fingerprint density at radius 1 is 0.611 bits per heavy atom. The Morgan fingerprint density at radius 2 is 0.889 bits per heavy atom. The normalized spacial score (nSPS) is 10.3. The second-order valence-corrected chi connectivity index (χ2v) is 4.85. The smallest absolute Gasteiger partial charge is 0.100 e. The van der Waals surface area contributed by atoms with Crippen LogP contribution in [0.25, 0.3) is 0 Å². The standard InChI is InChI=1S/C12H26.C3H8O3/c1-3-5-7-9-11-12-10-8-6-4-2;4-1-3(6)2-5/h3-12H2,1-2H3;3-6H,1-2H2. The Kier molecular flexibility index (Phi) is 21.6. The molecular formula is C15H34O3. The highest BCUT2D eigenvalue weighted by molar-refractivity contribution is 4.45. The van der Waals surface area contributed by atoms with Crippen LogP contribution in [-0.2, 0) is 0 Å². The van der Waals surface area contributed by atoms with Crippen molar-refractivity contribution in [3.8, 4) is 0 Å². The van der Waals surface area contributed by atoms with Crippen molar-refractivity contribution in [2.45, 2.75) is 84.2 Å². The summed E-state index contributed by atoms with van der Waals surface area (Å²) in [5.74, 6) is 0. The molecule has 0 rings (SSSR count). The van der Waals surface area contributed by atoms with E-state index in [9.17, 15) is 0 Å². The first-order chi connectivity index (χ1) is 8.72. The third kappa shape index (κ3) is 21.2. The van der Waals surface area contributed by atoms with E-state index < -0.39 is 6.10 Å². The van der Waals surface area contributed by atoms with Crippen molar-refractivity contribution in [3.63, 3.8) is 0 Å².